The van der Waals surface area contributed by atoms with Crippen LogP contribution < -0.4 is 4.74 Å². The summed E-state index contributed by atoms with van der Waals surface area (Å²) in [5.74, 6) is -2.32. The number of nitrogens with zero attached hydrogens (tertiary/aromatic N) is 1. The maximum atomic E-state index is 12.1. The van der Waals surface area contributed by atoms with Crippen LogP contribution >= 0.6 is 0 Å². The lowest BCUT2D eigenvalue weighted by Gasteiger charge is -2.12. The van der Waals surface area contributed by atoms with E-state index < -0.39 is 24.0 Å². The van der Waals surface area contributed by atoms with Crippen molar-refractivity contribution in [1.82, 2.24) is 4.98 Å². The number of aromatic hydroxyl groups is 1. The number of halogens is 3. The van der Waals surface area contributed by atoms with Gasteiger partial charge < -0.3 is 14.6 Å². The number of alkyl halides is 3. The highest BCUT2D eigenvalue weighted by molar-refractivity contribution is 5.72. The minimum absolute atomic E-state index is 0.0213. The van der Waals surface area contributed by atoms with Crippen molar-refractivity contribution in [3.63, 3.8) is 0 Å². The van der Waals surface area contributed by atoms with Crippen LogP contribution in [0.2, 0.25) is 0 Å². The summed E-state index contributed by atoms with van der Waals surface area (Å²) in [7, 11) is 0. The van der Waals surface area contributed by atoms with Crippen molar-refractivity contribution in [3.05, 3.63) is 17.3 Å². The van der Waals surface area contributed by atoms with Gasteiger partial charge in [-0.3, -0.25) is 4.79 Å². The molecule has 106 valence electrons. The highest BCUT2D eigenvalue weighted by atomic mass is 19.4. The van der Waals surface area contributed by atoms with Gasteiger partial charge in [0.25, 0.3) is 5.88 Å². The van der Waals surface area contributed by atoms with Crippen molar-refractivity contribution in [2.75, 3.05) is 6.61 Å². The number of aromatic nitrogens is 1. The van der Waals surface area contributed by atoms with Gasteiger partial charge in [-0.25, -0.2) is 4.98 Å². The normalized spacial score (nSPS) is 11.2. The van der Waals surface area contributed by atoms with E-state index in [9.17, 15) is 23.1 Å². The fourth-order valence-corrected chi connectivity index (χ4v) is 1.33. The van der Waals surface area contributed by atoms with Gasteiger partial charge in [0.05, 0.1) is 18.7 Å². The summed E-state index contributed by atoms with van der Waals surface area (Å²) in [6.07, 6.45) is -5.28. The highest BCUT2D eigenvalue weighted by Gasteiger charge is 2.33. The summed E-state index contributed by atoms with van der Waals surface area (Å²) in [4.78, 5) is 14.7. The van der Waals surface area contributed by atoms with Crippen molar-refractivity contribution in [2.45, 2.75) is 26.6 Å². The molecule has 0 aromatic carbocycles. The first-order chi connectivity index (χ1) is 8.73. The van der Waals surface area contributed by atoms with E-state index in [1.54, 1.807) is 6.92 Å². The van der Waals surface area contributed by atoms with E-state index in [4.69, 9.17) is 0 Å². The molecule has 1 heterocycles. The SMILES string of the molecule is CCOC(=O)Cc1cc(C)c(O)c(OC(F)(F)F)n1. The second-order valence-corrected chi connectivity index (χ2v) is 3.61. The molecule has 1 N–H and O–H groups in total. The highest BCUT2D eigenvalue weighted by Crippen LogP contribution is 2.32. The number of rotatable bonds is 4. The molecule has 5 nitrogen and oxygen atoms in total. The molecule has 0 saturated carbocycles. The molecule has 1 aromatic rings. The molecule has 8 heteroatoms. The van der Waals surface area contributed by atoms with Crippen LogP contribution in [0.4, 0.5) is 13.2 Å². The Kier molecular flexibility index (Phi) is 4.57. The number of ether oxygens (including phenoxy) is 2. The second-order valence-electron chi connectivity index (χ2n) is 3.61. The molecule has 0 spiro atoms. The van der Waals surface area contributed by atoms with Gasteiger partial charge in [0.15, 0.2) is 5.75 Å². The third-order valence-electron chi connectivity index (χ3n) is 2.05. The first kappa shape index (κ1) is 15.1. The Morgan fingerprint density at radius 1 is 1.47 bits per heavy atom. The Bertz CT molecular complexity index is 474. The van der Waals surface area contributed by atoms with Gasteiger partial charge in [0.2, 0.25) is 0 Å². The van der Waals surface area contributed by atoms with Gasteiger partial charge in [-0.2, -0.15) is 0 Å². The summed E-state index contributed by atoms with van der Waals surface area (Å²) < 4.78 is 44.5. The topological polar surface area (TPSA) is 68.7 Å². The van der Waals surface area contributed by atoms with Crippen molar-refractivity contribution in [1.29, 1.82) is 0 Å². The number of carbonyl (C=O) groups excluding carboxylic acids is 1. The van der Waals surface area contributed by atoms with E-state index in [0.717, 1.165) is 0 Å². The van der Waals surface area contributed by atoms with Gasteiger partial charge in [-0.05, 0) is 25.5 Å². The zero-order valence-electron chi connectivity index (χ0n) is 10.2. The zero-order valence-corrected chi connectivity index (χ0v) is 10.2. The fourth-order valence-electron chi connectivity index (χ4n) is 1.33. The van der Waals surface area contributed by atoms with Crippen LogP contribution in [0.3, 0.4) is 0 Å². The van der Waals surface area contributed by atoms with Crippen LogP contribution in [0.15, 0.2) is 6.07 Å². The summed E-state index contributed by atoms with van der Waals surface area (Å²) in [6, 6.07) is 1.29. The first-order valence-corrected chi connectivity index (χ1v) is 5.33. The number of aryl methyl sites for hydroxylation is 1. The number of pyridine rings is 1. The number of hydrogen-bond donors (Lipinski definition) is 1. The lowest BCUT2D eigenvalue weighted by molar-refractivity contribution is -0.276. The third kappa shape index (κ3) is 4.65. The second kappa shape index (κ2) is 5.77. The van der Waals surface area contributed by atoms with Crippen LogP contribution in [-0.4, -0.2) is 29.0 Å². The molecular weight excluding hydrogens is 267 g/mol. The standard InChI is InChI=1S/C11H12F3NO4/c1-3-18-8(16)5-7-4-6(2)9(17)10(15-7)19-11(12,13)14/h4,17H,3,5H2,1-2H3. The van der Waals surface area contributed by atoms with E-state index in [1.165, 1.54) is 13.0 Å². The Balaban J connectivity index is 2.99. The number of hydrogen-bond acceptors (Lipinski definition) is 5. The van der Waals surface area contributed by atoms with E-state index in [2.05, 4.69) is 14.5 Å². The molecule has 0 fully saturated rings. The van der Waals surface area contributed by atoms with Gasteiger partial charge in [0, 0.05) is 0 Å². The molecule has 0 atom stereocenters. The zero-order chi connectivity index (χ0) is 14.6. The van der Waals surface area contributed by atoms with Gasteiger partial charge in [-0.1, -0.05) is 0 Å². The average Bonchev–Trinajstić information content (AvgIpc) is 2.23. The smallest absolute Gasteiger partial charge is 0.503 e. The molecule has 0 amide bonds. The fraction of sp³-hybridized carbons (Fsp3) is 0.455. The van der Waals surface area contributed by atoms with Crippen LogP contribution in [-0.2, 0) is 16.0 Å². The molecule has 1 rings (SSSR count). The van der Waals surface area contributed by atoms with Crippen molar-refractivity contribution in [3.8, 4) is 11.6 Å². The number of esters is 1. The monoisotopic (exact) mass is 279 g/mol. The Labute approximate surface area is 107 Å². The molecular formula is C11H12F3NO4. The average molecular weight is 279 g/mol. The number of carbonyl (C=O) groups is 1. The van der Waals surface area contributed by atoms with Crippen LogP contribution in [0.25, 0.3) is 0 Å². The summed E-state index contributed by atoms with van der Waals surface area (Å²) >= 11 is 0. The molecule has 0 saturated heterocycles. The van der Waals surface area contributed by atoms with Crippen LogP contribution in [0, 0.1) is 6.92 Å². The quantitative estimate of drug-likeness (QED) is 0.855. The summed E-state index contributed by atoms with van der Waals surface area (Å²) in [6.45, 7) is 3.13. The predicted octanol–water partition coefficient (Wildman–Crippen LogP) is 2.10. The van der Waals surface area contributed by atoms with Gasteiger partial charge >= 0.3 is 12.3 Å². The van der Waals surface area contributed by atoms with E-state index in [0.29, 0.717) is 0 Å². The minimum Gasteiger partial charge on any atom is -0.503 e. The van der Waals surface area contributed by atoms with E-state index >= 15 is 0 Å². The minimum atomic E-state index is -4.97. The van der Waals surface area contributed by atoms with Crippen LogP contribution in [0.5, 0.6) is 11.6 Å². The Hall–Kier alpha value is -1.99. The van der Waals surface area contributed by atoms with Gasteiger partial charge in [0.1, 0.15) is 0 Å². The summed E-state index contributed by atoms with van der Waals surface area (Å²) in [5, 5.41) is 9.42. The van der Waals surface area contributed by atoms with Crippen molar-refractivity contribution >= 4 is 5.97 Å². The van der Waals surface area contributed by atoms with E-state index in [-0.39, 0.29) is 24.3 Å². The van der Waals surface area contributed by atoms with E-state index in [1.807, 2.05) is 0 Å². The molecule has 1 aromatic heterocycles. The van der Waals surface area contributed by atoms with Crippen molar-refractivity contribution < 1.29 is 32.5 Å². The Morgan fingerprint density at radius 3 is 2.63 bits per heavy atom. The third-order valence-corrected chi connectivity index (χ3v) is 2.05. The molecule has 0 aliphatic rings. The molecule has 0 aliphatic heterocycles. The maximum Gasteiger partial charge on any atom is 0.574 e. The lowest BCUT2D eigenvalue weighted by Crippen LogP contribution is -2.19. The molecule has 0 aliphatic carbocycles. The molecule has 0 bridgehead atoms. The summed E-state index contributed by atoms with van der Waals surface area (Å²) in [5.41, 5.74) is 0.140. The maximum absolute atomic E-state index is 12.1. The van der Waals surface area contributed by atoms with Crippen LogP contribution in [0.1, 0.15) is 18.2 Å². The lowest BCUT2D eigenvalue weighted by atomic mass is 10.2. The first-order valence-electron chi connectivity index (χ1n) is 5.33. The van der Waals surface area contributed by atoms with Gasteiger partial charge in [-0.15, -0.1) is 13.2 Å². The molecule has 0 unspecified atom stereocenters. The molecule has 0 radical (unpaired) electrons. The predicted molar refractivity (Wildman–Crippen MR) is 57.7 cm³/mol. The largest absolute Gasteiger partial charge is 0.574 e. The van der Waals surface area contributed by atoms with Crippen molar-refractivity contribution in [2.24, 2.45) is 0 Å². The Morgan fingerprint density at radius 2 is 2.11 bits per heavy atom. The molecule has 19 heavy (non-hydrogen) atoms.